The van der Waals surface area contributed by atoms with Crippen molar-refractivity contribution in [2.24, 2.45) is 11.8 Å². The molecule has 1 aromatic rings. The molecule has 5 nitrogen and oxygen atoms in total. The summed E-state index contributed by atoms with van der Waals surface area (Å²) in [5.74, 6) is 0.191. The number of ether oxygens (including phenoxy) is 1. The summed E-state index contributed by atoms with van der Waals surface area (Å²) in [4.78, 5) is 26.2. The number of nitrogens with zero attached hydrogens (tertiary/aromatic N) is 1. The number of hydrogen-bond acceptors (Lipinski definition) is 3. The average Bonchev–Trinajstić information content (AvgIpc) is 3.45. The topological polar surface area (TPSA) is 58.6 Å². The van der Waals surface area contributed by atoms with Gasteiger partial charge in [0.15, 0.2) is 6.61 Å². The van der Waals surface area contributed by atoms with Crippen LogP contribution in [0.2, 0.25) is 0 Å². The Morgan fingerprint density at radius 2 is 1.65 bits per heavy atom. The maximum absolute atomic E-state index is 12.3. The number of carbonyl (C=O) groups excluding carboxylic acids is 2. The summed E-state index contributed by atoms with van der Waals surface area (Å²) in [6, 6.07) is 5.79. The molecule has 2 fully saturated rings. The van der Waals surface area contributed by atoms with Gasteiger partial charge in [-0.15, -0.1) is 0 Å². The molecule has 1 aromatic carbocycles. The number of rotatable bonds is 5. The Balaban J connectivity index is 1.45. The fraction of sp³-hybridized carbons (Fsp3) is 0.556. The first-order chi connectivity index (χ1) is 12.3. The molecule has 3 rings (SSSR count). The minimum atomic E-state index is -4.39. The number of alkyl halides is 3. The molecule has 142 valence electrons. The highest BCUT2D eigenvalue weighted by molar-refractivity contribution is 5.92. The van der Waals surface area contributed by atoms with Crippen molar-refractivity contribution in [1.29, 1.82) is 0 Å². The van der Waals surface area contributed by atoms with Gasteiger partial charge < -0.3 is 15.0 Å². The molecule has 0 radical (unpaired) electrons. The molecule has 2 aliphatic rings. The van der Waals surface area contributed by atoms with Crippen LogP contribution in [0.15, 0.2) is 24.3 Å². The molecular weight excluding hydrogens is 349 g/mol. The quantitative estimate of drug-likeness (QED) is 0.866. The van der Waals surface area contributed by atoms with E-state index in [1.807, 2.05) is 4.90 Å². The normalized spacial score (nSPS) is 18.5. The second kappa shape index (κ2) is 7.55. The largest absolute Gasteiger partial charge is 0.484 e. The molecular formula is C18H21F3N2O3. The summed E-state index contributed by atoms with van der Waals surface area (Å²) < 4.78 is 41.0. The van der Waals surface area contributed by atoms with Crippen LogP contribution in [0.3, 0.4) is 0 Å². The molecule has 0 spiro atoms. The molecule has 2 amide bonds. The van der Waals surface area contributed by atoms with Gasteiger partial charge in [0, 0.05) is 30.6 Å². The summed E-state index contributed by atoms with van der Waals surface area (Å²) >= 11 is 0. The van der Waals surface area contributed by atoms with E-state index in [1.165, 1.54) is 24.3 Å². The van der Waals surface area contributed by atoms with Crippen LogP contribution in [0.4, 0.5) is 18.9 Å². The number of anilines is 1. The van der Waals surface area contributed by atoms with Gasteiger partial charge in [0.2, 0.25) is 11.8 Å². The number of likely N-dealkylation sites (tertiary alicyclic amines) is 1. The number of carbonyl (C=O) groups is 2. The van der Waals surface area contributed by atoms with Crippen molar-refractivity contribution in [2.45, 2.75) is 31.9 Å². The Hall–Kier alpha value is -2.25. The predicted molar refractivity (Wildman–Crippen MR) is 88.6 cm³/mol. The van der Waals surface area contributed by atoms with Gasteiger partial charge in [-0.05, 0) is 49.9 Å². The van der Waals surface area contributed by atoms with Crippen LogP contribution in [-0.2, 0) is 9.59 Å². The molecule has 0 bridgehead atoms. The number of benzene rings is 1. The minimum Gasteiger partial charge on any atom is -0.484 e. The Morgan fingerprint density at radius 1 is 1.04 bits per heavy atom. The third-order valence-electron chi connectivity index (χ3n) is 4.63. The van der Waals surface area contributed by atoms with Crippen molar-refractivity contribution in [3.8, 4) is 5.75 Å². The van der Waals surface area contributed by atoms with Gasteiger partial charge in [-0.2, -0.15) is 13.2 Å². The fourth-order valence-electron chi connectivity index (χ4n) is 2.99. The van der Waals surface area contributed by atoms with E-state index in [-0.39, 0.29) is 29.4 Å². The van der Waals surface area contributed by atoms with Crippen LogP contribution >= 0.6 is 0 Å². The van der Waals surface area contributed by atoms with Gasteiger partial charge >= 0.3 is 6.18 Å². The zero-order chi connectivity index (χ0) is 18.7. The number of halogens is 3. The predicted octanol–water partition coefficient (Wildman–Crippen LogP) is 3.21. The minimum absolute atomic E-state index is 0.0900. The summed E-state index contributed by atoms with van der Waals surface area (Å²) in [6.45, 7) is -0.161. The first-order valence-electron chi connectivity index (χ1n) is 8.71. The van der Waals surface area contributed by atoms with Crippen LogP contribution in [-0.4, -0.2) is 42.6 Å². The number of hydrogen-bond donors (Lipinski definition) is 1. The lowest BCUT2D eigenvalue weighted by atomic mass is 9.95. The highest BCUT2D eigenvalue weighted by Crippen LogP contribution is 2.32. The first kappa shape index (κ1) is 18.5. The Labute approximate surface area is 149 Å². The lowest BCUT2D eigenvalue weighted by Crippen LogP contribution is -2.42. The second-order valence-corrected chi connectivity index (χ2v) is 6.79. The van der Waals surface area contributed by atoms with Crippen molar-refractivity contribution >= 4 is 17.5 Å². The standard InChI is InChI=1S/C18H21F3N2O3/c19-18(20,21)11-26-15-5-3-14(4-6-15)22-16(24)12-7-9-23(10-8-12)17(25)13-1-2-13/h3-6,12-13H,1-2,7-11H2,(H,22,24). The molecule has 26 heavy (non-hydrogen) atoms. The van der Waals surface area contributed by atoms with E-state index in [0.717, 1.165) is 12.8 Å². The summed E-state index contributed by atoms with van der Waals surface area (Å²) in [7, 11) is 0. The van der Waals surface area contributed by atoms with Crippen LogP contribution < -0.4 is 10.1 Å². The van der Waals surface area contributed by atoms with Gasteiger partial charge in [-0.1, -0.05) is 0 Å². The zero-order valence-corrected chi connectivity index (χ0v) is 14.2. The maximum atomic E-state index is 12.3. The second-order valence-electron chi connectivity index (χ2n) is 6.79. The van der Waals surface area contributed by atoms with Crippen LogP contribution in [0.1, 0.15) is 25.7 Å². The van der Waals surface area contributed by atoms with E-state index in [9.17, 15) is 22.8 Å². The van der Waals surface area contributed by atoms with Gasteiger partial charge in [0.1, 0.15) is 5.75 Å². The molecule has 8 heteroatoms. The number of amides is 2. The number of nitrogens with one attached hydrogen (secondary N) is 1. The van der Waals surface area contributed by atoms with Crippen molar-refractivity contribution in [3.05, 3.63) is 24.3 Å². The number of piperidine rings is 1. The lowest BCUT2D eigenvalue weighted by Gasteiger charge is -2.31. The van der Waals surface area contributed by atoms with E-state index in [4.69, 9.17) is 0 Å². The molecule has 1 aliphatic heterocycles. The molecule has 0 atom stereocenters. The third-order valence-corrected chi connectivity index (χ3v) is 4.63. The highest BCUT2D eigenvalue weighted by Gasteiger charge is 2.36. The van der Waals surface area contributed by atoms with Gasteiger partial charge in [0.05, 0.1) is 0 Å². The summed E-state index contributed by atoms with van der Waals surface area (Å²) in [5, 5.41) is 2.77. The SMILES string of the molecule is O=C(Nc1ccc(OCC(F)(F)F)cc1)C1CCN(C(=O)C2CC2)CC1. The lowest BCUT2D eigenvalue weighted by molar-refractivity contribution is -0.153. The van der Waals surface area contributed by atoms with E-state index >= 15 is 0 Å². The monoisotopic (exact) mass is 370 g/mol. The molecule has 1 saturated carbocycles. The van der Waals surface area contributed by atoms with E-state index in [1.54, 1.807) is 0 Å². The van der Waals surface area contributed by atoms with E-state index in [0.29, 0.717) is 31.6 Å². The van der Waals surface area contributed by atoms with Gasteiger partial charge in [0.25, 0.3) is 0 Å². The summed E-state index contributed by atoms with van der Waals surface area (Å²) in [5.41, 5.74) is 0.505. The van der Waals surface area contributed by atoms with Crippen molar-refractivity contribution in [1.82, 2.24) is 4.90 Å². The molecule has 1 N–H and O–H groups in total. The highest BCUT2D eigenvalue weighted by atomic mass is 19.4. The smallest absolute Gasteiger partial charge is 0.422 e. The van der Waals surface area contributed by atoms with Crippen molar-refractivity contribution in [2.75, 3.05) is 25.0 Å². The Morgan fingerprint density at radius 3 is 2.19 bits per heavy atom. The average molecular weight is 370 g/mol. The van der Waals surface area contributed by atoms with Crippen LogP contribution in [0.5, 0.6) is 5.75 Å². The van der Waals surface area contributed by atoms with Crippen molar-refractivity contribution in [3.63, 3.8) is 0 Å². The molecule has 1 aliphatic carbocycles. The maximum Gasteiger partial charge on any atom is 0.422 e. The molecule has 1 saturated heterocycles. The van der Waals surface area contributed by atoms with Crippen LogP contribution in [0, 0.1) is 11.8 Å². The van der Waals surface area contributed by atoms with Gasteiger partial charge in [-0.25, -0.2) is 0 Å². The molecule has 1 heterocycles. The van der Waals surface area contributed by atoms with Crippen LogP contribution in [0.25, 0.3) is 0 Å². The Bertz CT molecular complexity index is 649. The summed E-state index contributed by atoms with van der Waals surface area (Å²) in [6.07, 6.45) is -1.19. The zero-order valence-electron chi connectivity index (χ0n) is 14.2. The van der Waals surface area contributed by atoms with Crippen molar-refractivity contribution < 1.29 is 27.5 Å². The van der Waals surface area contributed by atoms with E-state index < -0.39 is 12.8 Å². The first-order valence-corrected chi connectivity index (χ1v) is 8.71. The third kappa shape index (κ3) is 5.12. The fourth-order valence-corrected chi connectivity index (χ4v) is 2.99. The van der Waals surface area contributed by atoms with E-state index in [2.05, 4.69) is 10.1 Å². The Kier molecular flexibility index (Phi) is 5.38. The molecule has 0 aromatic heterocycles. The molecule has 0 unspecified atom stereocenters. The van der Waals surface area contributed by atoms with Gasteiger partial charge in [-0.3, -0.25) is 9.59 Å².